The third-order valence-corrected chi connectivity index (χ3v) is 2.79. The van der Waals surface area contributed by atoms with E-state index in [1.165, 1.54) is 0 Å². The van der Waals surface area contributed by atoms with Gasteiger partial charge in [0, 0.05) is 17.0 Å². The number of nitrogens with one attached hydrogen (secondary N) is 1. The van der Waals surface area contributed by atoms with Crippen LogP contribution in [0.1, 0.15) is 17.0 Å². The minimum Gasteiger partial charge on any atom is -0.281 e. The highest BCUT2D eigenvalue weighted by molar-refractivity contribution is 7.98. The van der Waals surface area contributed by atoms with E-state index < -0.39 is 0 Å². The lowest BCUT2D eigenvalue weighted by Gasteiger charge is -2.08. The van der Waals surface area contributed by atoms with Crippen molar-refractivity contribution in [2.24, 2.45) is 0 Å². The predicted molar refractivity (Wildman–Crippen MR) is 43.2 cm³/mol. The van der Waals surface area contributed by atoms with Gasteiger partial charge in [-0.25, -0.2) is 0 Å². The summed E-state index contributed by atoms with van der Waals surface area (Å²) in [5.74, 6) is 2.08. The molecule has 3 nitrogen and oxygen atoms in total. The van der Waals surface area contributed by atoms with Crippen molar-refractivity contribution in [3.8, 4) is 6.07 Å². The van der Waals surface area contributed by atoms with Crippen LogP contribution in [0.3, 0.4) is 0 Å². The van der Waals surface area contributed by atoms with Crippen molar-refractivity contribution in [3.05, 3.63) is 17.0 Å². The van der Waals surface area contributed by atoms with Gasteiger partial charge in [0.1, 0.15) is 6.07 Å². The van der Waals surface area contributed by atoms with Crippen LogP contribution in [0.25, 0.3) is 0 Å². The Balaban J connectivity index is 2.48. The third kappa shape index (κ3) is 1.02. The quantitative estimate of drug-likeness (QED) is 0.625. The van der Waals surface area contributed by atoms with Crippen molar-refractivity contribution in [2.75, 3.05) is 5.75 Å². The van der Waals surface area contributed by atoms with Gasteiger partial charge < -0.3 is 0 Å². The highest BCUT2D eigenvalue weighted by Crippen LogP contribution is 2.24. The van der Waals surface area contributed by atoms with E-state index in [0.717, 1.165) is 29.2 Å². The van der Waals surface area contributed by atoms with E-state index in [9.17, 15) is 0 Å². The van der Waals surface area contributed by atoms with Gasteiger partial charge >= 0.3 is 0 Å². The lowest BCUT2D eigenvalue weighted by molar-refractivity contribution is 0.963. The average Bonchev–Trinajstić information content (AvgIpc) is 2.47. The van der Waals surface area contributed by atoms with Crippen molar-refractivity contribution in [3.63, 3.8) is 0 Å². The summed E-state index contributed by atoms with van der Waals surface area (Å²) in [6.07, 6.45) is 1.02. The lowest BCUT2D eigenvalue weighted by Crippen LogP contribution is -2.00. The van der Waals surface area contributed by atoms with Gasteiger partial charge in [-0.2, -0.15) is 22.1 Å². The largest absolute Gasteiger partial charge is 0.281 e. The molecule has 4 heteroatoms. The fourth-order valence-corrected chi connectivity index (χ4v) is 2.21. The summed E-state index contributed by atoms with van der Waals surface area (Å²) < 4.78 is 0. The van der Waals surface area contributed by atoms with E-state index >= 15 is 0 Å². The molecule has 0 aliphatic carbocycles. The standard InChI is InChI=1S/C7H7N3S/c8-3-7-5-4-11-2-1-6(5)9-10-7/h1-2,4H2,(H,9,10). The number of nitriles is 1. The van der Waals surface area contributed by atoms with Gasteiger partial charge in [0.15, 0.2) is 5.69 Å². The van der Waals surface area contributed by atoms with Gasteiger partial charge in [-0.05, 0) is 12.2 Å². The van der Waals surface area contributed by atoms with E-state index in [-0.39, 0.29) is 0 Å². The lowest BCUT2D eigenvalue weighted by atomic mass is 10.2. The van der Waals surface area contributed by atoms with Crippen molar-refractivity contribution in [1.29, 1.82) is 5.26 Å². The maximum absolute atomic E-state index is 8.64. The van der Waals surface area contributed by atoms with E-state index in [0.29, 0.717) is 5.69 Å². The number of hydrogen-bond acceptors (Lipinski definition) is 3. The fraction of sp³-hybridized carbons (Fsp3) is 0.429. The maximum atomic E-state index is 8.64. The number of hydrogen-bond donors (Lipinski definition) is 1. The van der Waals surface area contributed by atoms with Crippen LogP contribution in [-0.4, -0.2) is 16.0 Å². The van der Waals surface area contributed by atoms with Gasteiger partial charge in [0.05, 0.1) is 0 Å². The van der Waals surface area contributed by atoms with Crippen LogP contribution in [-0.2, 0) is 12.2 Å². The van der Waals surface area contributed by atoms with Crippen molar-refractivity contribution >= 4 is 11.8 Å². The molecule has 0 atom stereocenters. The minimum absolute atomic E-state index is 0.576. The first kappa shape index (κ1) is 6.74. The predicted octanol–water partition coefficient (Wildman–Crippen LogP) is 1.07. The van der Waals surface area contributed by atoms with Crippen LogP contribution in [0, 0.1) is 11.3 Å². The first-order valence-electron chi connectivity index (χ1n) is 3.46. The normalized spacial score (nSPS) is 15.5. The highest BCUT2D eigenvalue weighted by atomic mass is 32.2. The molecule has 0 radical (unpaired) electrons. The summed E-state index contributed by atoms with van der Waals surface area (Å²) in [4.78, 5) is 0. The van der Waals surface area contributed by atoms with E-state index in [2.05, 4.69) is 16.3 Å². The SMILES string of the molecule is N#Cc1n[nH]c2c1CSCC2. The minimum atomic E-state index is 0.576. The van der Waals surface area contributed by atoms with Gasteiger partial charge in [-0.3, -0.25) is 5.10 Å². The maximum Gasteiger partial charge on any atom is 0.166 e. The Morgan fingerprint density at radius 3 is 3.36 bits per heavy atom. The molecular weight excluding hydrogens is 158 g/mol. The molecule has 11 heavy (non-hydrogen) atoms. The van der Waals surface area contributed by atoms with Gasteiger partial charge in [0.25, 0.3) is 0 Å². The molecule has 2 heterocycles. The topological polar surface area (TPSA) is 52.5 Å². The molecule has 0 saturated heterocycles. The Labute approximate surface area is 68.8 Å². The summed E-state index contributed by atoms with van der Waals surface area (Å²) in [5.41, 5.74) is 2.84. The molecule has 0 saturated carbocycles. The van der Waals surface area contributed by atoms with Crippen LogP contribution in [0.2, 0.25) is 0 Å². The second-order valence-corrected chi connectivity index (χ2v) is 3.55. The number of rotatable bonds is 0. The smallest absolute Gasteiger partial charge is 0.166 e. The molecule has 0 bridgehead atoms. The molecule has 0 spiro atoms. The second-order valence-electron chi connectivity index (χ2n) is 2.44. The van der Waals surface area contributed by atoms with Gasteiger partial charge in [-0.15, -0.1) is 0 Å². The Kier molecular flexibility index (Phi) is 1.59. The van der Waals surface area contributed by atoms with Crippen molar-refractivity contribution in [2.45, 2.75) is 12.2 Å². The van der Waals surface area contributed by atoms with Crippen LogP contribution in [0.4, 0.5) is 0 Å². The van der Waals surface area contributed by atoms with Crippen molar-refractivity contribution < 1.29 is 0 Å². The Morgan fingerprint density at radius 1 is 1.64 bits per heavy atom. The Hall–Kier alpha value is -0.950. The molecule has 1 aromatic rings. The monoisotopic (exact) mass is 165 g/mol. The number of thioether (sulfide) groups is 1. The molecule has 1 N–H and O–H groups in total. The first-order chi connectivity index (χ1) is 5.42. The molecule has 56 valence electrons. The molecule has 0 aromatic carbocycles. The van der Waals surface area contributed by atoms with E-state index in [1.807, 2.05) is 11.8 Å². The summed E-state index contributed by atoms with van der Waals surface area (Å²) >= 11 is 1.86. The number of aromatic nitrogens is 2. The van der Waals surface area contributed by atoms with Crippen LogP contribution >= 0.6 is 11.8 Å². The zero-order valence-corrected chi connectivity index (χ0v) is 6.74. The fourth-order valence-electron chi connectivity index (χ4n) is 1.20. The number of H-pyrrole nitrogens is 1. The molecule has 0 amide bonds. The van der Waals surface area contributed by atoms with Crippen LogP contribution < -0.4 is 0 Å². The molecule has 1 aliphatic rings. The zero-order chi connectivity index (χ0) is 7.68. The number of aryl methyl sites for hydroxylation is 1. The third-order valence-electron chi connectivity index (χ3n) is 1.80. The summed E-state index contributed by atoms with van der Waals surface area (Å²) in [7, 11) is 0. The zero-order valence-electron chi connectivity index (χ0n) is 5.92. The molecule has 2 rings (SSSR count). The number of nitrogens with zero attached hydrogens (tertiary/aromatic N) is 2. The van der Waals surface area contributed by atoms with E-state index in [4.69, 9.17) is 5.26 Å². The molecule has 1 aliphatic heterocycles. The molecule has 0 unspecified atom stereocenters. The van der Waals surface area contributed by atoms with Gasteiger partial charge in [0.2, 0.25) is 0 Å². The van der Waals surface area contributed by atoms with Crippen LogP contribution in [0.5, 0.6) is 0 Å². The van der Waals surface area contributed by atoms with Gasteiger partial charge in [-0.1, -0.05) is 0 Å². The Morgan fingerprint density at radius 2 is 2.55 bits per heavy atom. The summed E-state index contributed by atoms with van der Waals surface area (Å²) in [6.45, 7) is 0. The average molecular weight is 165 g/mol. The first-order valence-corrected chi connectivity index (χ1v) is 4.61. The molecule has 1 aromatic heterocycles. The molecular formula is C7H7N3S. The second kappa shape index (κ2) is 2.59. The van der Waals surface area contributed by atoms with Crippen LogP contribution in [0.15, 0.2) is 0 Å². The highest BCUT2D eigenvalue weighted by Gasteiger charge is 2.15. The Bertz CT molecular complexity index is 310. The van der Waals surface area contributed by atoms with Crippen molar-refractivity contribution in [1.82, 2.24) is 10.2 Å². The number of aromatic amines is 1. The molecule has 0 fully saturated rings. The van der Waals surface area contributed by atoms with E-state index in [1.54, 1.807) is 0 Å². The summed E-state index contributed by atoms with van der Waals surface area (Å²) in [6, 6.07) is 2.08. The summed E-state index contributed by atoms with van der Waals surface area (Å²) in [5, 5.41) is 15.4. The number of fused-ring (bicyclic) bond motifs is 1.